The van der Waals surface area contributed by atoms with Crippen molar-refractivity contribution >= 4 is 44.1 Å². The topological polar surface area (TPSA) is 25.2 Å². The SMILES string of the molecule is [2H]c1c([2H])c([2H])c(-c2cc3c(oc4cccc(Nc5ccc(-c6ccccc6)cc5)c43)c3ccccc23)c([2H])c1[2H]. The molecule has 36 heavy (non-hydrogen) atoms. The van der Waals surface area contributed by atoms with Crippen molar-refractivity contribution in [3.05, 3.63) is 133 Å². The van der Waals surface area contributed by atoms with E-state index >= 15 is 0 Å². The third-order valence-electron chi connectivity index (χ3n) is 6.54. The molecule has 0 fully saturated rings. The predicted molar refractivity (Wildman–Crippen MR) is 152 cm³/mol. The van der Waals surface area contributed by atoms with Crippen LogP contribution in [0.3, 0.4) is 0 Å². The lowest BCUT2D eigenvalue weighted by Crippen LogP contribution is -1.91. The molecule has 7 rings (SSSR count). The van der Waals surface area contributed by atoms with Crippen LogP contribution in [0.4, 0.5) is 11.4 Å². The summed E-state index contributed by atoms with van der Waals surface area (Å²) >= 11 is 0. The summed E-state index contributed by atoms with van der Waals surface area (Å²) in [6.07, 6.45) is 0. The average molecular weight is 467 g/mol. The number of nitrogens with one attached hydrogen (secondary N) is 1. The van der Waals surface area contributed by atoms with E-state index in [-0.39, 0.29) is 29.7 Å². The molecule has 0 radical (unpaired) electrons. The molecule has 7 aromatic rings. The summed E-state index contributed by atoms with van der Waals surface area (Å²) in [5, 5.41) is 6.75. The van der Waals surface area contributed by atoms with Crippen molar-refractivity contribution in [2.45, 2.75) is 0 Å². The van der Waals surface area contributed by atoms with Gasteiger partial charge < -0.3 is 9.73 Å². The van der Waals surface area contributed by atoms with Gasteiger partial charge in [-0.05, 0) is 58.0 Å². The summed E-state index contributed by atoms with van der Waals surface area (Å²) in [4.78, 5) is 0. The lowest BCUT2D eigenvalue weighted by molar-refractivity contribution is 0.673. The molecule has 1 N–H and O–H groups in total. The second-order valence-corrected chi connectivity index (χ2v) is 8.70. The van der Waals surface area contributed by atoms with E-state index in [4.69, 9.17) is 11.3 Å². The van der Waals surface area contributed by atoms with Gasteiger partial charge in [0.25, 0.3) is 0 Å². The summed E-state index contributed by atoms with van der Waals surface area (Å²) in [5.41, 5.74) is 6.14. The van der Waals surface area contributed by atoms with Gasteiger partial charge >= 0.3 is 0 Å². The van der Waals surface area contributed by atoms with Crippen LogP contribution in [0, 0.1) is 0 Å². The van der Waals surface area contributed by atoms with Crippen molar-refractivity contribution < 1.29 is 11.3 Å². The fourth-order valence-electron chi connectivity index (χ4n) is 4.88. The Morgan fingerprint density at radius 2 is 1.31 bits per heavy atom. The minimum atomic E-state index is -0.410. The lowest BCUT2D eigenvalue weighted by atomic mass is 9.95. The minimum Gasteiger partial charge on any atom is -0.455 e. The van der Waals surface area contributed by atoms with Gasteiger partial charge in [-0.3, -0.25) is 0 Å². The van der Waals surface area contributed by atoms with Crippen LogP contribution in [0.5, 0.6) is 0 Å². The molecule has 0 amide bonds. The molecule has 0 atom stereocenters. The molecular formula is C34H23NO. The van der Waals surface area contributed by atoms with Crippen molar-refractivity contribution in [2.24, 2.45) is 0 Å². The van der Waals surface area contributed by atoms with Gasteiger partial charge in [0.1, 0.15) is 11.2 Å². The van der Waals surface area contributed by atoms with E-state index in [0.29, 0.717) is 16.7 Å². The van der Waals surface area contributed by atoms with Crippen LogP contribution in [-0.2, 0) is 0 Å². The van der Waals surface area contributed by atoms with E-state index in [1.54, 1.807) is 0 Å². The Morgan fingerprint density at radius 3 is 2.11 bits per heavy atom. The second-order valence-electron chi connectivity index (χ2n) is 8.70. The second kappa shape index (κ2) is 8.44. The summed E-state index contributed by atoms with van der Waals surface area (Å²) in [6.45, 7) is 0. The highest BCUT2D eigenvalue weighted by atomic mass is 16.3. The molecule has 1 aromatic heterocycles. The Balaban J connectivity index is 1.44. The highest BCUT2D eigenvalue weighted by Crippen LogP contribution is 2.42. The van der Waals surface area contributed by atoms with Crippen LogP contribution in [0.1, 0.15) is 6.85 Å². The predicted octanol–water partition coefficient (Wildman–Crippen LogP) is 9.82. The molecule has 0 bridgehead atoms. The van der Waals surface area contributed by atoms with E-state index < -0.39 is 6.04 Å². The van der Waals surface area contributed by atoms with Crippen LogP contribution in [0.2, 0.25) is 0 Å². The highest BCUT2D eigenvalue weighted by Gasteiger charge is 2.17. The van der Waals surface area contributed by atoms with Gasteiger partial charge in [0, 0.05) is 16.5 Å². The molecule has 6 aromatic carbocycles. The van der Waals surface area contributed by atoms with Gasteiger partial charge in [0.2, 0.25) is 0 Å². The number of hydrogen-bond donors (Lipinski definition) is 1. The first kappa shape index (κ1) is 16.0. The van der Waals surface area contributed by atoms with Crippen molar-refractivity contribution in [3.8, 4) is 22.3 Å². The summed E-state index contributed by atoms with van der Waals surface area (Å²) in [5.74, 6) is 0. The van der Waals surface area contributed by atoms with Crippen LogP contribution >= 0.6 is 0 Å². The Kier molecular flexibility index (Phi) is 3.74. The lowest BCUT2D eigenvalue weighted by Gasteiger charge is -2.10. The zero-order chi connectivity index (χ0) is 28.2. The summed E-state index contributed by atoms with van der Waals surface area (Å²) in [6, 6.07) is 32.2. The van der Waals surface area contributed by atoms with Gasteiger partial charge in [0.15, 0.2) is 0 Å². The van der Waals surface area contributed by atoms with Gasteiger partial charge in [-0.25, -0.2) is 0 Å². The first-order chi connectivity index (χ1) is 19.9. The van der Waals surface area contributed by atoms with E-state index in [9.17, 15) is 0 Å². The highest BCUT2D eigenvalue weighted by molar-refractivity contribution is 6.22. The van der Waals surface area contributed by atoms with Crippen molar-refractivity contribution in [3.63, 3.8) is 0 Å². The van der Waals surface area contributed by atoms with Gasteiger partial charge in [0.05, 0.1) is 17.9 Å². The fraction of sp³-hybridized carbons (Fsp3) is 0. The van der Waals surface area contributed by atoms with Crippen molar-refractivity contribution in [2.75, 3.05) is 5.32 Å². The smallest absolute Gasteiger partial charge is 0.143 e. The molecule has 2 nitrogen and oxygen atoms in total. The van der Waals surface area contributed by atoms with E-state index in [0.717, 1.165) is 44.0 Å². The van der Waals surface area contributed by atoms with Gasteiger partial charge in [-0.1, -0.05) is 103 Å². The number of anilines is 2. The van der Waals surface area contributed by atoms with E-state index in [1.165, 1.54) is 0 Å². The van der Waals surface area contributed by atoms with E-state index in [1.807, 2.05) is 78.9 Å². The Morgan fingerprint density at radius 1 is 0.583 bits per heavy atom. The summed E-state index contributed by atoms with van der Waals surface area (Å²) in [7, 11) is 0. The van der Waals surface area contributed by atoms with Crippen LogP contribution in [0.25, 0.3) is 55.0 Å². The third kappa shape index (κ3) is 3.43. The monoisotopic (exact) mass is 466 g/mol. The maximum Gasteiger partial charge on any atom is 0.143 e. The number of benzene rings is 6. The first-order valence-electron chi connectivity index (χ1n) is 14.3. The molecule has 0 saturated heterocycles. The van der Waals surface area contributed by atoms with Gasteiger partial charge in [-0.15, -0.1) is 0 Å². The molecule has 0 aliphatic heterocycles. The molecular weight excluding hydrogens is 438 g/mol. The third-order valence-corrected chi connectivity index (χ3v) is 6.54. The molecule has 0 unspecified atom stereocenters. The molecule has 0 saturated carbocycles. The molecule has 0 spiro atoms. The maximum atomic E-state index is 8.64. The standard InChI is InChI=1S/C34H23NO/c1-3-10-23(11-4-1)24-18-20-26(21-19-24)35-31-16-9-17-32-33(31)30-22-29(25-12-5-2-6-13-25)27-14-7-8-15-28(27)34(30)36-32/h1-22,35H/i2D,5D,6D,12D,13D. The van der Waals surface area contributed by atoms with Crippen LogP contribution < -0.4 is 5.32 Å². The van der Waals surface area contributed by atoms with Gasteiger partial charge in [-0.2, -0.15) is 0 Å². The Bertz CT molecular complexity index is 2090. The average Bonchev–Trinajstić information content (AvgIpc) is 3.40. The summed E-state index contributed by atoms with van der Waals surface area (Å²) < 4.78 is 48.2. The van der Waals surface area contributed by atoms with Crippen molar-refractivity contribution in [1.29, 1.82) is 0 Å². The quantitative estimate of drug-likeness (QED) is 0.279. The van der Waals surface area contributed by atoms with Crippen LogP contribution in [0.15, 0.2) is 138 Å². The van der Waals surface area contributed by atoms with Crippen molar-refractivity contribution in [1.82, 2.24) is 0 Å². The Hall–Kier alpha value is -4.82. The molecule has 0 aliphatic carbocycles. The number of fused-ring (bicyclic) bond motifs is 5. The molecule has 2 heteroatoms. The number of hydrogen-bond acceptors (Lipinski definition) is 2. The fourth-order valence-corrected chi connectivity index (χ4v) is 4.88. The Labute approximate surface area is 216 Å². The normalized spacial score (nSPS) is 13.3. The van der Waals surface area contributed by atoms with E-state index in [2.05, 4.69) is 29.6 Å². The minimum absolute atomic E-state index is 0.172. The number of furan rings is 1. The first-order valence-corrected chi connectivity index (χ1v) is 11.8. The number of rotatable bonds is 4. The molecule has 0 aliphatic rings. The molecule has 170 valence electrons. The zero-order valence-corrected chi connectivity index (χ0v) is 19.2. The largest absolute Gasteiger partial charge is 0.455 e. The van der Waals surface area contributed by atoms with Crippen LogP contribution in [-0.4, -0.2) is 0 Å². The molecule has 1 heterocycles. The zero-order valence-electron chi connectivity index (χ0n) is 24.2. The maximum absolute atomic E-state index is 8.64.